The molecular weight excluding hydrogens is 502 g/mol. The number of amides is 2. The van der Waals surface area contributed by atoms with Gasteiger partial charge < -0.3 is 14.8 Å². The summed E-state index contributed by atoms with van der Waals surface area (Å²) in [5.74, 6) is 0.507. The number of nitrogens with zero attached hydrogens (tertiary/aromatic N) is 4. The molecule has 1 aliphatic rings. The first-order valence-electron chi connectivity index (χ1n) is 12.7. The maximum atomic E-state index is 14.2. The molecule has 0 bridgehead atoms. The number of rotatable bonds is 9. The Morgan fingerprint density at radius 3 is 2.47 bits per heavy atom. The van der Waals surface area contributed by atoms with E-state index in [4.69, 9.17) is 9.47 Å². The highest BCUT2D eigenvalue weighted by Gasteiger charge is 2.35. The lowest BCUT2D eigenvalue weighted by Crippen LogP contribution is -2.48. The van der Waals surface area contributed by atoms with Crippen LogP contribution in [0.3, 0.4) is 0 Å². The van der Waals surface area contributed by atoms with Crippen LogP contribution in [0.25, 0.3) is 11.0 Å². The Morgan fingerprint density at radius 1 is 1.05 bits per heavy atom. The van der Waals surface area contributed by atoms with Gasteiger partial charge in [0.05, 0.1) is 25.4 Å². The van der Waals surface area contributed by atoms with Gasteiger partial charge in [-0.25, -0.2) is 4.68 Å². The zero-order valence-corrected chi connectivity index (χ0v) is 22.3. The number of carbonyl (C=O) groups excluding carboxylic acids is 2. The summed E-state index contributed by atoms with van der Waals surface area (Å²) < 4.78 is 12.6. The van der Waals surface area contributed by atoms with Crippen molar-refractivity contribution in [3.63, 3.8) is 0 Å². The number of hydrogen-bond acceptors (Lipinski definition) is 7. The normalized spacial score (nSPS) is 14.7. The molecule has 1 unspecified atom stereocenters. The van der Waals surface area contributed by atoms with Crippen LogP contribution in [0.15, 0.2) is 60.0 Å². The predicted molar refractivity (Wildman–Crippen MR) is 147 cm³/mol. The quantitative estimate of drug-likeness (QED) is 0.334. The van der Waals surface area contributed by atoms with Crippen LogP contribution in [0, 0.1) is 0 Å². The number of ether oxygens (including phenoxy) is 2. The predicted octanol–water partition coefficient (Wildman–Crippen LogP) is 4.73. The first kappa shape index (κ1) is 25.7. The van der Waals surface area contributed by atoms with Crippen molar-refractivity contribution in [1.82, 2.24) is 20.3 Å². The zero-order valence-electron chi connectivity index (χ0n) is 21.5. The first-order valence-corrected chi connectivity index (χ1v) is 13.6. The van der Waals surface area contributed by atoms with Gasteiger partial charge in [-0.15, -0.1) is 16.4 Å². The molecule has 0 spiro atoms. The molecule has 4 aromatic rings. The van der Waals surface area contributed by atoms with E-state index in [9.17, 15) is 9.59 Å². The van der Waals surface area contributed by atoms with Gasteiger partial charge in [-0.3, -0.25) is 14.5 Å². The molecule has 0 aliphatic heterocycles. The summed E-state index contributed by atoms with van der Waals surface area (Å²) in [6.45, 7) is -0.0986. The van der Waals surface area contributed by atoms with Gasteiger partial charge in [0.25, 0.3) is 0 Å². The molecule has 5 rings (SSSR count). The maximum Gasteiger partial charge on any atom is 0.249 e. The first-order chi connectivity index (χ1) is 18.6. The minimum atomic E-state index is -0.879. The van der Waals surface area contributed by atoms with Crippen molar-refractivity contribution in [2.24, 2.45) is 0 Å². The molecule has 0 radical (unpaired) electrons. The molecule has 38 heavy (non-hydrogen) atoms. The lowest BCUT2D eigenvalue weighted by atomic mass is 9.95. The highest BCUT2D eigenvalue weighted by Crippen LogP contribution is 2.36. The van der Waals surface area contributed by atoms with E-state index in [1.807, 2.05) is 41.8 Å². The lowest BCUT2D eigenvalue weighted by molar-refractivity contribution is -0.127. The van der Waals surface area contributed by atoms with Crippen LogP contribution < -0.4 is 19.7 Å². The maximum absolute atomic E-state index is 14.2. The van der Waals surface area contributed by atoms with E-state index in [0.29, 0.717) is 22.7 Å². The molecule has 1 saturated carbocycles. The molecule has 1 aliphatic carbocycles. The molecule has 1 N–H and O–H groups in total. The van der Waals surface area contributed by atoms with E-state index < -0.39 is 6.04 Å². The molecule has 10 heteroatoms. The Labute approximate surface area is 225 Å². The summed E-state index contributed by atoms with van der Waals surface area (Å²) >= 11 is 1.44. The summed E-state index contributed by atoms with van der Waals surface area (Å²) in [4.78, 5) is 30.4. The number of para-hydroxylation sites is 1. The highest BCUT2D eigenvalue weighted by molar-refractivity contribution is 7.10. The summed E-state index contributed by atoms with van der Waals surface area (Å²) in [6, 6.07) is 15.7. The van der Waals surface area contributed by atoms with E-state index in [-0.39, 0.29) is 24.4 Å². The number of anilines is 1. The average Bonchev–Trinajstić information content (AvgIpc) is 3.62. The number of aromatic nitrogens is 3. The summed E-state index contributed by atoms with van der Waals surface area (Å²) in [7, 11) is 3.11. The number of hydrogen-bond donors (Lipinski definition) is 1. The zero-order chi connectivity index (χ0) is 26.5. The van der Waals surface area contributed by atoms with Crippen LogP contribution >= 0.6 is 11.3 Å². The fourth-order valence-electron chi connectivity index (χ4n) is 4.95. The number of fused-ring (bicyclic) bond motifs is 1. The van der Waals surface area contributed by atoms with Crippen molar-refractivity contribution >= 4 is 39.9 Å². The van der Waals surface area contributed by atoms with Crippen LogP contribution in [-0.4, -0.2) is 47.1 Å². The Morgan fingerprint density at radius 2 is 1.79 bits per heavy atom. The molecule has 198 valence electrons. The number of methoxy groups -OCH3 is 2. The molecule has 0 saturated heterocycles. The van der Waals surface area contributed by atoms with E-state index in [1.54, 1.807) is 37.1 Å². The third-order valence-electron chi connectivity index (χ3n) is 6.86. The number of benzene rings is 2. The lowest BCUT2D eigenvalue weighted by Gasteiger charge is -2.33. The van der Waals surface area contributed by atoms with Crippen LogP contribution in [-0.2, 0) is 16.1 Å². The van der Waals surface area contributed by atoms with Crippen molar-refractivity contribution in [2.45, 2.75) is 50.7 Å². The molecular formula is C28H31N5O4S. The average molecular weight is 534 g/mol. The highest BCUT2D eigenvalue weighted by atomic mass is 32.1. The van der Waals surface area contributed by atoms with E-state index in [0.717, 1.165) is 36.1 Å². The number of carbonyl (C=O) groups is 2. The van der Waals surface area contributed by atoms with Gasteiger partial charge in [-0.05, 0) is 36.4 Å². The monoisotopic (exact) mass is 533 g/mol. The largest absolute Gasteiger partial charge is 0.497 e. The smallest absolute Gasteiger partial charge is 0.249 e. The third kappa shape index (κ3) is 5.50. The standard InChI is InChI=1S/C28H31N5O4S/c1-36-21-15-20(16-22(17-21)37-2)33(26(34)18-32-24-12-7-6-11-23(24)30-31-32)27(25-13-8-14-38-25)28(35)29-19-9-4-3-5-10-19/h6-8,11-17,19,27H,3-5,9-10,18H2,1-2H3,(H,29,35). The van der Waals surface area contributed by atoms with Gasteiger partial charge >= 0.3 is 0 Å². The molecule has 9 nitrogen and oxygen atoms in total. The minimum absolute atomic E-state index is 0.0924. The van der Waals surface area contributed by atoms with Gasteiger partial charge in [0.2, 0.25) is 11.8 Å². The van der Waals surface area contributed by atoms with Gasteiger partial charge in [0.1, 0.15) is 29.6 Å². The number of thiophene rings is 1. The summed E-state index contributed by atoms with van der Waals surface area (Å²) in [6.07, 6.45) is 5.23. The van der Waals surface area contributed by atoms with Gasteiger partial charge in [0, 0.05) is 29.1 Å². The Bertz CT molecular complexity index is 1380. The van der Waals surface area contributed by atoms with Crippen molar-refractivity contribution in [2.75, 3.05) is 19.1 Å². The topological polar surface area (TPSA) is 98.6 Å². The molecule has 2 heterocycles. The van der Waals surface area contributed by atoms with Crippen LogP contribution in [0.1, 0.15) is 43.0 Å². The molecule has 2 aromatic carbocycles. The van der Waals surface area contributed by atoms with Gasteiger partial charge in [-0.2, -0.15) is 0 Å². The van der Waals surface area contributed by atoms with Crippen molar-refractivity contribution in [1.29, 1.82) is 0 Å². The fraction of sp³-hybridized carbons (Fsp3) is 0.357. The van der Waals surface area contributed by atoms with Crippen LogP contribution in [0.5, 0.6) is 11.5 Å². The van der Waals surface area contributed by atoms with Gasteiger partial charge in [-0.1, -0.05) is 42.7 Å². The summed E-state index contributed by atoms with van der Waals surface area (Å²) in [5, 5.41) is 13.5. The van der Waals surface area contributed by atoms with Crippen molar-refractivity contribution in [3.05, 3.63) is 64.9 Å². The van der Waals surface area contributed by atoms with E-state index in [1.165, 1.54) is 22.7 Å². The minimum Gasteiger partial charge on any atom is -0.497 e. The second-order valence-corrected chi connectivity index (χ2v) is 10.3. The molecule has 1 atom stereocenters. The third-order valence-corrected chi connectivity index (χ3v) is 7.78. The number of nitrogens with one attached hydrogen (secondary N) is 1. The second kappa shape index (κ2) is 11.6. The van der Waals surface area contributed by atoms with Gasteiger partial charge in [0.15, 0.2) is 0 Å². The molecule has 2 aromatic heterocycles. The molecule has 2 amide bonds. The fourth-order valence-corrected chi connectivity index (χ4v) is 5.77. The summed E-state index contributed by atoms with van der Waals surface area (Å²) in [5.41, 5.74) is 1.93. The van der Waals surface area contributed by atoms with E-state index >= 15 is 0 Å². The van der Waals surface area contributed by atoms with Crippen molar-refractivity contribution < 1.29 is 19.1 Å². The SMILES string of the molecule is COc1cc(OC)cc(N(C(=O)Cn2nnc3ccccc32)C(C(=O)NC2CCCCC2)c2cccs2)c1. The second-order valence-electron chi connectivity index (χ2n) is 9.33. The molecule has 1 fully saturated rings. The van der Waals surface area contributed by atoms with Crippen molar-refractivity contribution in [3.8, 4) is 11.5 Å². The van der Waals surface area contributed by atoms with Crippen LogP contribution in [0.4, 0.5) is 5.69 Å². The Kier molecular flexibility index (Phi) is 7.88. The Balaban J connectivity index is 1.57. The Hall–Kier alpha value is -3.92. The van der Waals surface area contributed by atoms with Crippen LogP contribution in [0.2, 0.25) is 0 Å². The van der Waals surface area contributed by atoms with E-state index in [2.05, 4.69) is 15.6 Å².